The van der Waals surface area contributed by atoms with E-state index in [9.17, 15) is 13.2 Å². The largest absolute Gasteiger partial charge is 0.447 e. The average Bonchev–Trinajstić information content (AvgIpc) is 3.34. The molecule has 7 nitrogen and oxygen atoms in total. The van der Waals surface area contributed by atoms with E-state index in [1.54, 1.807) is 4.90 Å². The molecule has 0 radical (unpaired) electrons. The van der Waals surface area contributed by atoms with Crippen LogP contribution >= 0.6 is 11.8 Å². The lowest BCUT2D eigenvalue weighted by Crippen LogP contribution is -2.47. The van der Waals surface area contributed by atoms with Gasteiger partial charge in [-0.2, -0.15) is 13.1 Å². The number of rotatable bonds is 5. The third-order valence-corrected chi connectivity index (χ3v) is 7.77. The molecule has 9 heteroatoms. The van der Waals surface area contributed by atoms with E-state index in [0.717, 1.165) is 16.0 Å². The molecule has 2 aromatic carbocycles. The molecule has 2 heterocycles. The second kappa shape index (κ2) is 8.22. The standard InChI is InChI=1S/C22H25N3O4S2/c1-22(2,3)23-31(27,28)25-15-30-20(16-8-5-4-6-9-16)19(25)17-10-7-11-18(14-17)24-12-13-29-21(24)26/h4-11,14,23H,12-13,15H2,1-3H3. The lowest BCUT2D eigenvalue weighted by molar-refractivity contribution is 0.181. The van der Waals surface area contributed by atoms with Gasteiger partial charge in [0.1, 0.15) is 6.61 Å². The Kier molecular flexibility index (Phi) is 5.76. The Morgan fingerprint density at radius 1 is 1.03 bits per heavy atom. The maximum absolute atomic E-state index is 13.3. The number of anilines is 1. The Hall–Kier alpha value is -2.49. The van der Waals surface area contributed by atoms with Gasteiger partial charge in [0, 0.05) is 21.7 Å². The molecule has 4 rings (SSSR count). The molecule has 0 aromatic heterocycles. The van der Waals surface area contributed by atoms with Crippen LogP contribution in [0.25, 0.3) is 10.6 Å². The van der Waals surface area contributed by atoms with Crippen molar-refractivity contribution in [3.8, 4) is 0 Å². The van der Waals surface area contributed by atoms with Gasteiger partial charge in [-0.25, -0.2) is 9.10 Å². The first-order chi connectivity index (χ1) is 14.7. The molecule has 2 aromatic rings. The van der Waals surface area contributed by atoms with Gasteiger partial charge >= 0.3 is 16.3 Å². The van der Waals surface area contributed by atoms with Crippen LogP contribution in [-0.4, -0.2) is 43.4 Å². The number of hydrogen-bond donors (Lipinski definition) is 1. The lowest BCUT2D eigenvalue weighted by atomic mass is 10.1. The van der Waals surface area contributed by atoms with Gasteiger partial charge in [0.05, 0.1) is 18.1 Å². The topological polar surface area (TPSA) is 79.0 Å². The summed E-state index contributed by atoms with van der Waals surface area (Å²) in [7, 11) is -3.80. The molecule has 1 N–H and O–H groups in total. The number of carbonyl (C=O) groups excluding carboxylic acids is 1. The highest BCUT2D eigenvalue weighted by atomic mass is 32.2. The number of ether oxygens (including phenoxy) is 1. The number of carbonyl (C=O) groups is 1. The third kappa shape index (κ3) is 4.58. The summed E-state index contributed by atoms with van der Waals surface area (Å²) in [6, 6.07) is 17.1. The van der Waals surface area contributed by atoms with Gasteiger partial charge in [-0.05, 0) is 38.5 Å². The van der Waals surface area contributed by atoms with Crippen LogP contribution < -0.4 is 9.62 Å². The summed E-state index contributed by atoms with van der Waals surface area (Å²) in [5, 5.41) is 0. The summed E-state index contributed by atoms with van der Waals surface area (Å²) < 4.78 is 35.8. The third-order valence-electron chi connectivity index (χ3n) is 4.74. The van der Waals surface area contributed by atoms with Crippen molar-refractivity contribution in [1.82, 2.24) is 9.03 Å². The number of nitrogens with one attached hydrogen (secondary N) is 1. The zero-order valence-corrected chi connectivity index (χ0v) is 19.3. The van der Waals surface area contributed by atoms with Crippen LogP contribution in [0.15, 0.2) is 54.6 Å². The second-order valence-electron chi connectivity index (χ2n) is 8.34. The Bertz CT molecular complexity index is 1120. The van der Waals surface area contributed by atoms with Crippen molar-refractivity contribution < 1.29 is 17.9 Å². The maximum Gasteiger partial charge on any atom is 0.414 e. The fraction of sp³-hybridized carbons (Fsp3) is 0.318. The molecule has 0 bridgehead atoms. The molecule has 0 spiro atoms. The smallest absolute Gasteiger partial charge is 0.414 e. The summed E-state index contributed by atoms with van der Waals surface area (Å²) in [6.07, 6.45) is -0.394. The molecule has 2 aliphatic heterocycles. The average molecular weight is 460 g/mol. The van der Waals surface area contributed by atoms with Crippen molar-refractivity contribution in [2.24, 2.45) is 0 Å². The fourth-order valence-electron chi connectivity index (χ4n) is 3.53. The minimum Gasteiger partial charge on any atom is -0.447 e. The highest BCUT2D eigenvalue weighted by Crippen LogP contribution is 2.46. The van der Waals surface area contributed by atoms with E-state index in [0.29, 0.717) is 24.5 Å². The number of amides is 1. The van der Waals surface area contributed by atoms with E-state index < -0.39 is 21.8 Å². The number of benzene rings is 2. The SMILES string of the molecule is CC(C)(C)NS(=O)(=O)N1CSC(c2ccccc2)=C1c1cccc(N2CCOC2=O)c1. The molecule has 1 fully saturated rings. The fourth-order valence-corrected chi connectivity index (χ4v) is 6.67. The quantitative estimate of drug-likeness (QED) is 0.728. The van der Waals surface area contributed by atoms with Gasteiger partial charge in [0.15, 0.2) is 0 Å². The minimum absolute atomic E-state index is 0.265. The molecule has 0 unspecified atom stereocenters. The van der Waals surface area contributed by atoms with Crippen molar-refractivity contribution >= 4 is 44.4 Å². The summed E-state index contributed by atoms with van der Waals surface area (Å²) in [4.78, 5) is 14.5. The molecule has 31 heavy (non-hydrogen) atoms. The van der Waals surface area contributed by atoms with Crippen LogP contribution in [-0.2, 0) is 14.9 Å². The van der Waals surface area contributed by atoms with Gasteiger partial charge in [-0.15, -0.1) is 11.8 Å². The van der Waals surface area contributed by atoms with Crippen molar-refractivity contribution in [2.45, 2.75) is 26.3 Å². The Morgan fingerprint density at radius 2 is 1.74 bits per heavy atom. The monoisotopic (exact) mass is 459 g/mol. The zero-order chi connectivity index (χ0) is 22.2. The van der Waals surface area contributed by atoms with Crippen LogP contribution in [0.4, 0.5) is 10.5 Å². The van der Waals surface area contributed by atoms with E-state index in [1.807, 2.05) is 75.4 Å². The van der Waals surface area contributed by atoms with Crippen LogP contribution in [0.5, 0.6) is 0 Å². The number of cyclic esters (lactones) is 1. The normalized spacial score (nSPS) is 17.5. The zero-order valence-electron chi connectivity index (χ0n) is 17.7. The predicted octanol–water partition coefficient (Wildman–Crippen LogP) is 4.11. The molecule has 1 saturated heterocycles. The highest BCUT2D eigenvalue weighted by Gasteiger charge is 2.36. The van der Waals surface area contributed by atoms with Crippen molar-refractivity contribution in [3.63, 3.8) is 0 Å². The number of thioether (sulfide) groups is 1. The molecular formula is C22H25N3O4S2. The van der Waals surface area contributed by atoms with E-state index in [-0.39, 0.29) is 5.88 Å². The highest BCUT2D eigenvalue weighted by molar-refractivity contribution is 8.09. The van der Waals surface area contributed by atoms with Crippen molar-refractivity contribution in [3.05, 3.63) is 65.7 Å². The second-order valence-corrected chi connectivity index (χ2v) is 10.9. The molecular weight excluding hydrogens is 434 g/mol. The van der Waals surface area contributed by atoms with Gasteiger partial charge in [-0.3, -0.25) is 4.90 Å². The van der Waals surface area contributed by atoms with Gasteiger partial charge < -0.3 is 4.74 Å². The summed E-state index contributed by atoms with van der Waals surface area (Å²) in [6.45, 7) is 6.25. The Balaban J connectivity index is 1.84. The Morgan fingerprint density at radius 3 is 2.39 bits per heavy atom. The molecule has 2 aliphatic rings. The summed E-state index contributed by atoms with van der Waals surface area (Å²) in [5.41, 5.74) is 2.33. The van der Waals surface area contributed by atoms with E-state index in [1.165, 1.54) is 16.1 Å². The van der Waals surface area contributed by atoms with E-state index in [4.69, 9.17) is 4.74 Å². The van der Waals surface area contributed by atoms with E-state index >= 15 is 0 Å². The summed E-state index contributed by atoms with van der Waals surface area (Å²) >= 11 is 1.48. The first kappa shape index (κ1) is 21.7. The summed E-state index contributed by atoms with van der Waals surface area (Å²) in [5.74, 6) is 0.265. The van der Waals surface area contributed by atoms with Crippen LogP contribution in [0.1, 0.15) is 31.9 Å². The molecule has 0 aliphatic carbocycles. The molecule has 0 atom stereocenters. The Labute approximate surface area is 187 Å². The van der Waals surface area contributed by atoms with E-state index in [2.05, 4.69) is 4.72 Å². The number of nitrogens with zero attached hydrogens (tertiary/aromatic N) is 2. The predicted molar refractivity (Wildman–Crippen MR) is 124 cm³/mol. The van der Waals surface area contributed by atoms with Gasteiger partial charge in [-0.1, -0.05) is 42.5 Å². The van der Waals surface area contributed by atoms with Gasteiger partial charge in [0.2, 0.25) is 0 Å². The first-order valence-electron chi connectivity index (χ1n) is 9.95. The maximum atomic E-state index is 13.3. The lowest BCUT2D eigenvalue weighted by Gasteiger charge is -2.28. The molecule has 1 amide bonds. The minimum atomic E-state index is -3.80. The van der Waals surface area contributed by atoms with Crippen LogP contribution in [0.2, 0.25) is 0 Å². The van der Waals surface area contributed by atoms with Gasteiger partial charge in [0.25, 0.3) is 0 Å². The number of hydrogen-bond acceptors (Lipinski definition) is 5. The molecule has 0 saturated carbocycles. The van der Waals surface area contributed by atoms with Crippen molar-refractivity contribution in [2.75, 3.05) is 23.9 Å². The van der Waals surface area contributed by atoms with Crippen LogP contribution in [0.3, 0.4) is 0 Å². The van der Waals surface area contributed by atoms with Crippen LogP contribution in [0, 0.1) is 0 Å². The van der Waals surface area contributed by atoms with Crippen molar-refractivity contribution in [1.29, 1.82) is 0 Å². The first-order valence-corrected chi connectivity index (χ1v) is 12.4. The molecule has 164 valence electrons.